The Labute approximate surface area is 179 Å². The first-order valence-corrected chi connectivity index (χ1v) is 10.6. The van der Waals surface area contributed by atoms with Crippen LogP contribution in [0.2, 0.25) is 0 Å². The summed E-state index contributed by atoms with van der Waals surface area (Å²) in [6, 6.07) is 12.1. The molecule has 0 heterocycles. The summed E-state index contributed by atoms with van der Waals surface area (Å²) in [4.78, 5) is 13.1. The molecule has 0 aliphatic heterocycles. The number of halogens is 3. The van der Waals surface area contributed by atoms with Crippen molar-refractivity contribution in [1.29, 1.82) is 5.26 Å². The highest BCUT2D eigenvalue weighted by Gasteiger charge is 2.34. The summed E-state index contributed by atoms with van der Waals surface area (Å²) in [5.41, 5.74) is 2.34. The Bertz CT molecular complexity index is 1090. The molecule has 0 N–H and O–H groups in total. The van der Waals surface area contributed by atoms with Gasteiger partial charge in [0.2, 0.25) is 15.9 Å². The van der Waals surface area contributed by atoms with E-state index in [2.05, 4.69) is 0 Å². The predicted octanol–water partition coefficient (Wildman–Crippen LogP) is 3.39. The van der Waals surface area contributed by atoms with Crippen molar-refractivity contribution in [3.8, 4) is 6.07 Å². The lowest BCUT2D eigenvalue weighted by Gasteiger charge is -2.26. The number of nitriles is 1. The van der Waals surface area contributed by atoms with E-state index < -0.39 is 35.2 Å². The molecule has 6 nitrogen and oxygen atoms in total. The smallest absolute Gasteiger partial charge is 0.328 e. The zero-order valence-electron chi connectivity index (χ0n) is 17.3. The molecule has 0 spiro atoms. The van der Waals surface area contributed by atoms with Gasteiger partial charge in [-0.1, -0.05) is 18.2 Å². The number of carbonyl (C=O) groups excluding carboxylic acids is 1. The number of benzene rings is 2. The van der Waals surface area contributed by atoms with Gasteiger partial charge in [-0.2, -0.15) is 22.7 Å². The van der Waals surface area contributed by atoms with Crippen LogP contribution in [0.15, 0.2) is 47.4 Å². The molecular weight excluding hydrogens is 431 g/mol. The fourth-order valence-electron chi connectivity index (χ4n) is 2.78. The van der Waals surface area contributed by atoms with Crippen molar-refractivity contribution in [2.24, 2.45) is 0 Å². The number of hydrogen-bond donors (Lipinski definition) is 0. The molecule has 0 bridgehead atoms. The van der Waals surface area contributed by atoms with Crippen molar-refractivity contribution in [3.05, 3.63) is 64.7 Å². The molecule has 0 fully saturated rings. The van der Waals surface area contributed by atoms with Gasteiger partial charge in [-0.15, -0.1) is 0 Å². The summed E-state index contributed by atoms with van der Waals surface area (Å²) in [7, 11) is -2.92. The molecule has 0 aromatic heterocycles. The largest absolute Gasteiger partial charge is 0.406 e. The van der Waals surface area contributed by atoms with Gasteiger partial charge in [0.15, 0.2) is 0 Å². The van der Waals surface area contributed by atoms with E-state index in [1.165, 1.54) is 36.4 Å². The van der Waals surface area contributed by atoms with Crippen molar-refractivity contribution >= 4 is 15.9 Å². The van der Waals surface area contributed by atoms with Crippen LogP contribution < -0.4 is 0 Å². The van der Waals surface area contributed by atoms with Gasteiger partial charge < -0.3 is 4.90 Å². The maximum atomic E-state index is 13.0. The van der Waals surface area contributed by atoms with Crippen LogP contribution in [0.5, 0.6) is 0 Å². The first kappa shape index (κ1) is 24.4. The average Bonchev–Trinajstić information content (AvgIpc) is 2.68. The minimum Gasteiger partial charge on any atom is -0.328 e. The van der Waals surface area contributed by atoms with Gasteiger partial charge in [0.25, 0.3) is 0 Å². The van der Waals surface area contributed by atoms with Gasteiger partial charge in [0.1, 0.15) is 6.54 Å². The highest BCUT2D eigenvalue weighted by molar-refractivity contribution is 7.89. The summed E-state index contributed by atoms with van der Waals surface area (Å²) in [5.74, 6) is -0.989. The molecule has 0 saturated heterocycles. The Balaban J connectivity index is 2.22. The van der Waals surface area contributed by atoms with Crippen LogP contribution in [0.4, 0.5) is 13.2 Å². The fourth-order valence-corrected chi connectivity index (χ4v) is 3.99. The van der Waals surface area contributed by atoms with Crippen LogP contribution in [0.3, 0.4) is 0 Å². The molecule has 0 atom stereocenters. The normalized spacial score (nSPS) is 11.9. The summed E-state index contributed by atoms with van der Waals surface area (Å²) >= 11 is 0. The third-order valence-corrected chi connectivity index (χ3v) is 6.52. The third-order valence-electron chi connectivity index (χ3n) is 4.72. The number of sulfonamides is 1. The molecule has 31 heavy (non-hydrogen) atoms. The Hall–Kier alpha value is -2.90. The maximum absolute atomic E-state index is 13.0. The minimum atomic E-state index is -4.66. The first-order valence-electron chi connectivity index (χ1n) is 9.20. The van der Waals surface area contributed by atoms with E-state index in [-0.39, 0.29) is 11.4 Å². The monoisotopic (exact) mass is 453 g/mol. The Morgan fingerprint density at radius 1 is 1.06 bits per heavy atom. The second kappa shape index (κ2) is 9.49. The molecule has 2 rings (SSSR count). The van der Waals surface area contributed by atoms with Gasteiger partial charge in [-0.05, 0) is 54.8 Å². The van der Waals surface area contributed by atoms with Crippen molar-refractivity contribution < 1.29 is 26.4 Å². The Morgan fingerprint density at radius 3 is 2.19 bits per heavy atom. The van der Waals surface area contributed by atoms with E-state index in [4.69, 9.17) is 5.26 Å². The topological polar surface area (TPSA) is 81.5 Å². The van der Waals surface area contributed by atoms with E-state index in [0.29, 0.717) is 16.0 Å². The van der Waals surface area contributed by atoms with E-state index in [0.717, 1.165) is 22.5 Å². The Morgan fingerprint density at radius 2 is 1.68 bits per heavy atom. The zero-order chi connectivity index (χ0) is 23.4. The van der Waals surface area contributed by atoms with E-state index >= 15 is 0 Å². The number of hydrogen-bond acceptors (Lipinski definition) is 4. The molecular formula is C21H22F3N3O3S. The molecule has 2 aromatic rings. The molecule has 0 aliphatic rings. The zero-order valence-corrected chi connectivity index (χ0v) is 18.1. The third kappa shape index (κ3) is 6.54. The fraction of sp³-hybridized carbons (Fsp3) is 0.333. The summed E-state index contributed by atoms with van der Waals surface area (Å²) in [6.07, 6.45) is -4.66. The molecule has 0 saturated carbocycles. The van der Waals surface area contributed by atoms with Crippen LogP contribution >= 0.6 is 0 Å². The highest BCUT2D eigenvalue weighted by Crippen LogP contribution is 2.21. The van der Waals surface area contributed by atoms with Crippen molar-refractivity contribution in [2.75, 3.05) is 20.1 Å². The number of amides is 1. The van der Waals surface area contributed by atoms with Crippen LogP contribution in [0.1, 0.15) is 22.3 Å². The summed E-state index contributed by atoms with van der Waals surface area (Å²) < 4.78 is 65.4. The number of rotatable bonds is 7. The molecule has 2 aromatic carbocycles. The van der Waals surface area contributed by atoms with E-state index in [1.807, 2.05) is 13.0 Å². The summed E-state index contributed by atoms with van der Waals surface area (Å²) in [5, 5.41) is 8.83. The minimum absolute atomic E-state index is 0.0413. The van der Waals surface area contributed by atoms with Crippen LogP contribution in [-0.2, 0) is 21.4 Å². The van der Waals surface area contributed by atoms with Gasteiger partial charge in [0, 0.05) is 13.6 Å². The SMILES string of the molecule is Cc1ccc(S(=O)(=O)N(C)CC(=O)N(Cc2ccc(C#N)cc2)CC(F)(F)F)cc1C. The van der Waals surface area contributed by atoms with Crippen LogP contribution in [-0.4, -0.2) is 49.8 Å². The van der Waals surface area contributed by atoms with Gasteiger partial charge in [0.05, 0.1) is 23.1 Å². The lowest BCUT2D eigenvalue weighted by Crippen LogP contribution is -2.44. The van der Waals surface area contributed by atoms with E-state index in [9.17, 15) is 26.4 Å². The number of carbonyl (C=O) groups is 1. The van der Waals surface area contributed by atoms with Crippen LogP contribution in [0, 0.1) is 25.2 Å². The maximum Gasteiger partial charge on any atom is 0.406 e. The quantitative estimate of drug-likeness (QED) is 0.644. The number of likely N-dealkylation sites (N-methyl/N-ethyl adjacent to an activating group) is 1. The molecule has 10 heteroatoms. The van der Waals surface area contributed by atoms with Crippen LogP contribution in [0.25, 0.3) is 0 Å². The predicted molar refractivity (Wildman–Crippen MR) is 108 cm³/mol. The molecule has 166 valence electrons. The van der Waals surface area contributed by atoms with Crippen molar-refractivity contribution in [2.45, 2.75) is 31.5 Å². The van der Waals surface area contributed by atoms with Gasteiger partial charge >= 0.3 is 6.18 Å². The van der Waals surface area contributed by atoms with Crippen molar-refractivity contribution in [1.82, 2.24) is 9.21 Å². The van der Waals surface area contributed by atoms with E-state index in [1.54, 1.807) is 13.0 Å². The highest BCUT2D eigenvalue weighted by atomic mass is 32.2. The lowest BCUT2D eigenvalue weighted by atomic mass is 10.1. The number of aryl methyl sites for hydroxylation is 2. The lowest BCUT2D eigenvalue weighted by molar-refractivity contribution is -0.162. The van der Waals surface area contributed by atoms with Gasteiger partial charge in [-0.25, -0.2) is 8.42 Å². The molecule has 0 radical (unpaired) electrons. The first-order chi connectivity index (χ1) is 14.3. The molecule has 1 amide bonds. The van der Waals surface area contributed by atoms with Crippen molar-refractivity contribution in [3.63, 3.8) is 0 Å². The second-order valence-electron chi connectivity index (χ2n) is 7.18. The molecule has 0 aliphatic carbocycles. The standard InChI is InChI=1S/C21H22F3N3O3S/c1-15-4-9-19(10-16(15)2)31(29,30)26(3)13-20(28)27(14-21(22,23)24)12-18-7-5-17(11-25)6-8-18/h4-10H,12-14H2,1-3H3. The molecule has 0 unspecified atom stereocenters. The Kier molecular flexibility index (Phi) is 7.46. The second-order valence-corrected chi connectivity index (χ2v) is 9.23. The van der Waals surface area contributed by atoms with Gasteiger partial charge in [-0.3, -0.25) is 4.79 Å². The number of nitrogens with zero attached hydrogens (tertiary/aromatic N) is 3. The summed E-state index contributed by atoms with van der Waals surface area (Å²) in [6.45, 7) is 0.909. The number of alkyl halides is 3. The average molecular weight is 453 g/mol.